The van der Waals surface area contributed by atoms with Crippen molar-refractivity contribution in [2.45, 2.75) is 51.9 Å². The number of aryl methyl sites for hydroxylation is 1. The Morgan fingerprint density at radius 3 is 2.51 bits per heavy atom. The number of likely N-dealkylation sites (tertiary alicyclic amines) is 1. The van der Waals surface area contributed by atoms with Gasteiger partial charge in [-0.05, 0) is 73.6 Å². The first-order valence-corrected chi connectivity index (χ1v) is 15.5. The highest BCUT2D eigenvalue weighted by atomic mass is 19.1. The van der Waals surface area contributed by atoms with E-state index < -0.39 is 6.17 Å². The molecule has 0 unspecified atom stereocenters. The maximum atomic E-state index is 14.3. The van der Waals surface area contributed by atoms with E-state index in [0.29, 0.717) is 23.8 Å². The zero-order valence-electron chi connectivity index (χ0n) is 25.7. The smallest absolute Gasteiger partial charge is 0.255 e. The predicted molar refractivity (Wildman–Crippen MR) is 173 cm³/mol. The Morgan fingerprint density at radius 2 is 1.82 bits per heavy atom. The van der Waals surface area contributed by atoms with E-state index in [-0.39, 0.29) is 30.8 Å². The quantitative estimate of drug-likeness (QED) is 0.242. The van der Waals surface area contributed by atoms with Crippen LogP contribution in [0.15, 0.2) is 60.8 Å². The van der Waals surface area contributed by atoms with Crippen molar-refractivity contribution in [2.75, 3.05) is 25.5 Å². The molecule has 2 aliphatic rings. The average molecular weight is 609 g/mol. The van der Waals surface area contributed by atoms with E-state index >= 15 is 0 Å². The number of piperidine rings is 1. The van der Waals surface area contributed by atoms with E-state index in [1.807, 2.05) is 31.2 Å². The molecule has 1 saturated heterocycles. The second kappa shape index (κ2) is 11.3. The van der Waals surface area contributed by atoms with Gasteiger partial charge in [-0.1, -0.05) is 24.3 Å². The van der Waals surface area contributed by atoms with Crippen molar-refractivity contribution in [1.82, 2.24) is 19.1 Å². The van der Waals surface area contributed by atoms with Gasteiger partial charge >= 0.3 is 0 Å². The lowest BCUT2D eigenvalue weighted by molar-refractivity contribution is -0.114. The maximum Gasteiger partial charge on any atom is 0.255 e. The standard InChI is InChI=1S/C35H37FN6O3/c1-20-33(39-42-17-26(14-32(45-3)34(20)42)35(44)40-18-27(36)15-28(37)19-40)31-13-25-7-6-24(12-30(25)41(31)16-22-4-5-22)23-8-10-29(11-9-23)38-21(2)43/h6-14,17,22,27-28H,4-5,15-16,18-19,37H2,1-3H3,(H,38,43)/t27-,28-/m1/s1. The number of aromatic nitrogens is 3. The first-order valence-electron chi connectivity index (χ1n) is 15.5. The number of hydrogen-bond donors (Lipinski definition) is 2. The number of pyridine rings is 1. The van der Waals surface area contributed by atoms with Crippen LogP contribution in [0, 0.1) is 12.8 Å². The number of anilines is 1. The number of nitrogens with one attached hydrogen (secondary N) is 1. The van der Waals surface area contributed by atoms with Gasteiger partial charge in [-0.25, -0.2) is 8.91 Å². The summed E-state index contributed by atoms with van der Waals surface area (Å²) in [7, 11) is 1.58. The fourth-order valence-electron chi connectivity index (χ4n) is 6.56. The molecular weight excluding hydrogens is 571 g/mol. The number of carbonyl (C=O) groups is 2. The molecule has 232 valence electrons. The van der Waals surface area contributed by atoms with Crippen LogP contribution in [0.25, 0.3) is 38.9 Å². The van der Waals surface area contributed by atoms with Crippen molar-refractivity contribution in [2.24, 2.45) is 11.7 Å². The van der Waals surface area contributed by atoms with Gasteiger partial charge in [0.05, 0.1) is 24.9 Å². The Labute approximate surface area is 260 Å². The topological polar surface area (TPSA) is 107 Å². The van der Waals surface area contributed by atoms with Crippen molar-refractivity contribution in [3.63, 3.8) is 0 Å². The van der Waals surface area contributed by atoms with Crippen LogP contribution in [0.1, 0.15) is 42.1 Å². The minimum absolute atomic E-state index is 0.0268. The van der Waals surface area contributed by atoms with Gasteiger partial charge in [0, 0.05) is 54.4 Å². The van der Waals surface area contributed by atoms with Gasteiger partial charge in [0.2, 0.25) is 5.91 Å². The van der Waals surface area contributed by atoms with Crippen LogP contribution >= 0.6 is 0 Å². The van der Waals surface area contributed by atoms with Crippen LogP contribution in [0.3, 0.4) is 0 Å². The van der Waals surface area contributed by atoms with Crippen LogP contribution in [-0.2, 0) is 11.3 Å². The molecule has 7 rings (SSSR count). The molecule has 1 aliphatic heterocycles. The van der Waals surface area contributed by atoms with E-state index in [4.69, 9.17) is 15.6 Å². The van der Waals surface area contributed by atoms with E-state index in [2.05, 4.69) is 34.1 Å². The molecule has 1 aliphatic carbocycles. The third kappa shape index (κ3) is 5.55. The molecule has 4 heterocycles. The highest BCUT2D eigenvalue weighted by Gasteiger charge is 2.30. The van der Waals surface area contributed by atoms with Gasteiger partial charge in [-0.15, -0.1) is 0 Å². The summed E-state index contributed by atoms with van der Waals surface area (Å²) in [6.45, 7) is 4.75. The molecule has 2 fully saturated rings. The molecule has 2 amide bonds. The first-order chi connectivity index (χ1) is 21.7. The second-order valence-electron chi connectivity index (χ2n) is 12.5. The number of alkyl halides is 1. The zero-order chi connectivity index (χ0) is 31.4. The van der Waals surface area contributed by atoms with E-state index in [9.17, 15) is 14.0 Å². The number of carbonyl (C=O) groups excluding carboxylic acids is 2. The summed E-state index contributed by atoms with van der Waals surface area (Å²) in [5, 5.41) is 8.96. The van der Waals surface area contributed by atoms with Crippen molar-refractivity contribution >= 4 is 33.9 Å². The summed E-state index contributed by atoms with van der Waals surface area (Å²) < 4.78 is 24.1. The van der Waals surface area contributed by atoms with Gasteiger partial charge in [0.25, 0.3) is 5.91 Å². The fourth-order valence-corrected chi connectivity index (χ4v) is 6.56. The van der Waals surface area contributed by atoms with Gasteiger partial charge in [-0.3, -0.25) is 9.59 Å². The number of rotatable bonds is 7. The monoisotopic (exact) mass is 608 g/mol. The minimum atomic E-state index is -1.14. The number of fused-ring (bicyclic) bond motifs is 2. The number of nitrogens with zero attached hydrogens (tertiary/aromatic N) is 4. The molecule has 2 aromatic carbocycles. The number of hydrogen-bond acceptors (Lipinski definition) is 5. The number of nitrogens with two attached hydrogens (primary N) is 1. The van der Waals surface area contributed by atoms with Gasteiger partial charge in [0.1, 0.15) is 23.1 Å². The summed E-state index contributed by atoms with van der Waals surface area (Å²) in [4.78, 5) is 26.4. The molecule has 3 aromatic heterocycles. The third-order valence-corrected chi connectivity index (χ3v) is 8.94. The second-order valence-corrected chi connectivity index (χ2v) is 12.5. The first kappa shape index (κ1) is 29.0. The highest BCUT2D eigenvalue weighted by Crippen LogP contribution is 2.39. The Hall–Kier alpha value is -4.70. The lowest BCUT2D eigenvalue weighted by Crippen LogP contribution is -2.50. The number of ether oxygens (including phenoxy) is 1. The SMILES string of the molecule is COc1cc(C(=O)N2C[C@H](N)C[C@@H](F)C2)cn2nc(-c3cc4ccc(-c5ccc(NC(C)=O)cc5)cc4n3CC3CC3)c(C)c12. The Bertz CT molecular complexity index is 1930. The number of amides is 2. The fraction of sp³-hybridized carbons (Fsp3) is 0.343. The molecule has 9 nitrogen and oxygen atoms in total. The van der Waals surface area contributed by atoms with Gasteiger partial charge in [-0.2, -0.15) is 5.10 Å². The normalized spacial score (nSPS) is 18.5. The molecule has 0 radical (unpaired) electrons. The summed E-state index contributed by atoms with van der Waals surface area (Å²) >= 11 is 0. The van der Waals surface area contributed by atoms with Crippen molar-refractivity contribution in [3.8, 4) is 28.3 Å². The lowest BCUT2D eigenvalue weighted by atomic mass is 10.0. The Kier molecular flexibility index (Phi) is 7.32. The summed E-state index contributed by atoms with van der Waals surface area (Å²) in [6, 6.07) is 17.9. The zero-order valence-corrected chi connectivity index (χ0v) is 25.7. The predicted octanol–water partition coefficient (Wildman–Crippen LogP) is 5.82. The summed E-state index contributed by atoms with van der Waals surface area (Å²) in [5.41, 5.74) is 14.0. The highest BCUT2D eigenvalue weighted by molar-refractivity contribution is 5.96. The molecule has 0 spiro atoms. The molecule has 2 atom stereocenters. The van der Waals surface area contributed by atoms with E-state index in [0.717, 1.165) is 56.7 Å². The number of methoxy groups -OCH3 is 1. The molecule has 10 heteroatoms. The van der Waals surface area contributed by atoms with E-state index in [1.54, 1.807) is 23.9 Å². The van der Waals surface area contributed by atoms with Crippen molar-refractivity contribution in [3.05, 3.63) is 71.9 Å². The maximum absolute atomic E-state index is 14.3. The molecule has 1 saturated carbocycles. The van der Waals surface area contributed by atoms with Crippen LogP contribution < -0.4 is 15.8 Å². The molecule has 45 heavy (non-hydrogen) atoms. The minimum Gasteiger partial charge on any atom is -0.494 e. The number of halogens is 1. The molecule has 5 aromatic rings. The van der Waals surface area contributed by atoms with Crippen LogP contribution in [-0.4, -0.2) is 63.3 Å². The molecule has 0 bridgehead atoms. The van der Waals surface area contributed by atoms with Gasteiger partial charge < -0.3 is 25.3 Å². The summed E-state index contributed by atoms with van der Waals surface area (Å²) in [5.74, 6) is 0.762. The largest absolute Gasteiger partial charge is 0.494 e. The average Bonchev–Trinajstić information content (AvgIpc) is 3.69. The summed E-state index contributed by atoms with van der Waals surface area (Å²) in [6.07, 6.45) is 3.23. The Morgan fingerprint density at radius 1 is 1.07 bits per heavy atom. The van der Waals surface area contributed by atoms with Gasteiger partial charge in [0.15, 0.2) is 0 Å². The third-order valence-electron chi connectivity index (χ3n) is 8.94. The van der Waals surface area contributed by atoms with Crippen LogP contribution in [0.4, 0.5) is 10.1 Å². The van der Waals surface area contributed by atoms with Crippen LogP contribution in [0.5, 0.6) is 5.75 Å². The molecule has 3 N–H and O–H groups in total. The van der Waals surface area contributed by atoms with Crippen molar-refractivity contribution < 1.29 is 18.7 Å². The van der Waals surface area contributed by atoms with Crippen LogP contribution in [0.2, 0.25) is 0 Å². The van der Waals surface area contributed by atoms with E-state index in [1.165, 1.54) is 24.7 Å². The number of benzene rings is 2. The lowest BCUT2D eigenvalue weighted by Gasteiger charge is -2.33. The Balaban J connectivity index is 1.30. The van der Waals surface area contributed by atoms with Crippen molar-refractivity contribution in [1.29, 1.82) is 0 Å². The molecular formula is C35H37FN6O3.